The third-order valence-electron chi connectivity index (χ3n) is 7.78. The van der Waals surface area contributed by atoms with Gasteiger partial charge in [0.15, 0.2) is 0 Å². The number of aromatic nitrogens is 2. The first kappa shape index (κ1) is 31.0. The second-order valence-electron chi connectivity index (χ2n) is 10.9. The van der Waals surface area contributed by atoms with E-state index in [1.807, 2.05) is 66.9 Å². The van der Waals surface area contributed by atoms with Crippen molar-refractivity contribution < 1.29 is 19.1 Å². The summed E-state index contributed by atoms with van der Waals surface area (Å²) < 4.78 is 12.9. The highest BCUT2D eigenvalue weighted by atomic mass is 16.5. The van der Waals surface area contributed by atoms with Crippen LogP contribution in [0.25, 0.3) is 23.0 Å². The Bertz CT molecular complexity index is 1760. The van der Waals surface area contributed by atoms with Crippen molar-refractivity contribution in [3.8, 4) is 34.5 Å². The van der Waals surface area contributed by atoms with Crippen molar-refractivity contribution >= 4 is 17.9 Å². The van der Waals surface area contributed by atoms with E-state index >= 15 is 0 Å². The van der Waals surface area contributed by atoms with Crippen LogP contribution in [0.1, 0.15) is 50.7 Å². The fraction of sp³-hybridized carbons (Fsp3) is 0.243. The maximum absolute atomic E-state index is 13.9. The standard InChI is InChI=1S/C37H36N4O4/c1-4-5-6-10-21-45-32-19-15-28(16-20-32)35-29(25-41(39-35)30-11-8-7-9-12-30)22-33-26(2)34(23-38)37(43)40(36(33)42)24-27-13-17-31(44-3)18-14-27/h7-9,11-20,22,25H,4-6,10,21,24H2,1-3H3/b33-22+. The van der Waals surface area contributed by atoms with Crippen LogP contribution in [0.3, 0.4) is 0 Å². The zero-order valence-corrected chi connectivity index (χ0v) is 25.8. The summed E-state index contributed by atoms with van der Waals surface area (Å²) in [6, 6.07) is 26.6. The number of hydrogen-bond acceptors (Lipinski definition) is 6. The van der Waals surface area contributed by atoms with Crippen LogP contribution >= 0.6 is 0 Å². The van der Waals surface area contributed by atoms with Crippen molar-refractivity contribution in [3.63, 3.8) is 0 Å². The number of hydrogen-bond donors (Lipinski definition) is 0. The molecule has 45 heavy (non-hydrogen) atoms. The second-order valence-corrected chi connectivity index (χ2v) is 10.9. The minimum absolute atomic E-state index is 0.0213. The van der Waals surface area contributed by atoms with Gasteiger partial charge in [-0.2, -0.15) is 10.4 Å². The molecule has 0 N–H and O–H groups in total. The summed E-state index contributed by atoms with van der Waals surface area (Å²) in [4.78, 5) is 28.3. The van der Waals surface area contributed by atoms with Gasteiger partial charge in [-0.3, -0.25) is 14.5 Å². The van der Waals surface area contributed by atoms with Crippen LogP contribution in [0, 0.1) is 11.3 Å². The lowest BCUT2D eigenvalue weighted by atomic mass is 9.93. The molecule has 3 aromatic carbocycles. The van der Waals surface area contributed by atoms with Crippen LogP contribution in [0.5, 0.6) is 11.5 Å². The van der Waals surface area contributed by atoms with E-state index in [-0.39, 0.29) is 17.7 Å². The van der Waals surface area contributed by atoms with Gasteiger partial charge in [-0.25, -0.2) is 4.68 Å². The smallest absolute Gasteiger partial charge is 0.271 e. The van der Waals surface area contributed by atoms with Crippen LogP contribution in [0.4, 0.5) is 0 Å². The number of para-hydroxylation sites is 1. The molecule has 8 nitrogen and oxygen atoms in total. The molecule has 0 bridgehead atoms. The molecule has 228 valence electrons. The van der Waals surface area contributed by atoms with Gasteiger partial charge in [-0.15, -0.1) is 0 Å². The lowest BCUT2D eigenvalue weighted by Gasteiger charge is -2.27. The highest BCUT2D eigenvalue weighted by molar-refractivity contribution is 6.19. The summed E-state index contributed by atoms with van der Waals surface area (Å²) in [5, 5.41) is 14.8. The Morgan fingerprint density at radius 2 is 1.60 bits per heavy atom. The quantitative estimate of drug-likeness (QED) is 0.0962. The van der Waals surface area contributed by atoms with E-state index in [2.05, 4.69) is 6.92 Å². The number of carbonyl (C=O) groups is 2. The van der Waals surface area contributed by atoms with Crippen LogP contribution in [0.15, 0.2) is 102 Å². The molecule has 0 spiro atoms. The van der Waals surface area contributed by atoms with Crippen LogP contribution in [0.2, 0.25) is 0 Å². The molecule has 4 aromatic rings. The van der Waals surface area contributed by atoms with Crippen molar-refractivity contribution in [3.05, 3.63) is 113 Å². The van der Waals surface area contributed by atoms with Crippen molar-refractivity contribution in [1.82, 2.24) is 14.7 Å². The molecule has 1 aliphatic heterocycles. The number of carbonyl (C=O) groups excluding carboxylic acids is 2. The highest BCUT2D eigenvalue weighted by Gasteiger charge is 2.35. The van der Waals surface area contributed by atoms with E-state index in [1.165, 1.54) is 12.8 Å². The molecular weight excluding hydrogens is 564 g/mol. The van der Waals surface area contributed by atoms with Crippen LogP contribution in [-0.2, 0) is 16.1 Å². The van der Waals surface area contributed by atoms with Gasteiger partial charge in [0.05, 0.1) is 31.6 Å². The summed E-state index contributed by atoms with van der Waals surface area (Å²) >= 11 is 0. The largest absolute Gasteiger partial charge is 0.497 e. The molecule has 0 radical (unpaired) electrons. The first-order valence-corrected chi connectivity index (χ1v) is 15.1. The molecule has 2 heterocycles. The molecule has 0 unspecified atom stereocenters. The van der Waals surface area contributed by atoms with Crippen molar-refractivity contribution in [2.24, 2.45) is 0 Å². The van der Waals surface area contributed by atoms with E-state index in [9.17, 15) is 14.9 Å². The lowest BCUT2D eigenvalue weighted by Crippen LogP contribution is -2.42. The fourth-order valence-corrected chi connectivity index (χ4v) is 5.20. The topological polar surface area (TPSA) is 97.4 Å². The summed E-state index contributed by atoms with van der Waals surface area (Å²) in [5.41, 5.74) is 4.29. The van der Waals surface area contributed by atoms with E-state index in [0.717, 1.165) is 40.3 Å². The zero-order valence-electron chi connectivity index (χ0n) is 25.8. The summed E-state index contributed by atoms with van der Waals surface area (Å²) in [6.45, 7) is 4.51. The van der Waals surface area contributed by atoms with Gasteiger partial charge >= 0.3 is 0 Å². The fourth-order valence-electron chi connectivity index (χ4n) is 5.20. The number of ether oxygens (including phenoxy) is 2. The number of unbranched alkanes of at least 4 members (excludes halogenated alkanes) is 3. The number of rotatable bonds is 12. The minimum Gasteiger partial charge on any atom is -0.497 e. The van der Waals surface area contributed by atoms with E-state index in [4.69, 9.17) is 14.6 Å². The van der Waals surface area contributed by atoms with Crippen molar-refractivity contribution in [2.75, 3.05) is 13.7 Å². The minimum atomic E-state index is -0.613. The molecule has 0 fully saturated rings. The predicted octanol–water partition coefficient (Wildman–Crippen LogP) is 7.30. The summed E-state index contributed by atoms with van der Waals surface area (Å²) in [5.74, 6) is 0.361. The lowest BCUT2D eigenvalue weighted by molar-refractivity contribution is -0.141. The maximum atomic E-state index is 13.9. The third kappa shape index (κ3) is 7.05. The van der Waals surface area contributed by atoms with Crippen LogP contribution < -0.4 is 9.47 Å². The Morgan fingerprint density at radius 1 is 0.889 bits per heavy atom. The summed E-state index contributed by atoms with van der Waals surface area (Å²) in [7, 11) is 1.57. The normalized spacial score (nSPS) is 14.2. The number of nitrogens with zero attached hydrogens (tertiary/aromatic N) is 4. The molecule has 0 saturated heterocycles. The van der Waals surface area contributed by atoms with Crippen LogP contribution in [-0.4, -0.2) is 40.2 Å². The number of amides is 2. The average molecular weight is 601 g/mol. The van der Waals surface area contributed by atoms with Gasteiger partial charge in [-0.1, -0.05) is 56.5 Å². The molecule has 5 rings (SSSR count). The molecular formula is C37H36N4O4. The SMILES string of the molecule is CCCCCCOc1ccc(-c2nn(-c3ccccc3)cc2/C=C2/C(=O)N(Cc3ccc(OC)cc3)C(=O)C(C#N)=C2C)cc1. The van der Waals surface area contributed by atoms with Crippen molar-refractivity contribution in [2.45, 2.75) is 46.1 Å². The monoisotopic (exact) mass is 600 g/mol. The molecule has 8 heteroatoms. The molecule has 1 aromatic heterocycles. The number of methoxy groups -OCH3 is 1. The van der Waals surface area contributed by atoms with E-state index in [1.54, 1.807) is 49.1 Å². The summed E-state index contributed by atoms with van der Waals surface area (Å²) in [6.07, 6.45) is 8.11. The Morgan fingerprint density at radius 3 is 2.27 bits per heavy atom. The van der Waals surface area contributed by atoms with Gasteiger partial charge in [0.1, 0.15) is 23.1 Å². The molecule has 0 aliphatic carbocycles. The first-order valence-electron chi connectivity index (χ1n) is 15.1. The van der Waals surface area contributed by atoms with Gasteiger partial charge in [-0.05, 0) is 79.1 Å². The molecule has 2 amide bonds. The van der Waals surface area contributed by atoms with Gasteiger partial charge < -0.3 is 9.47 Å². The van der Waals surface area contributed by atoms with E-state index < -0.39 is 11.8 Å². The predicted molar refractivity (Wildman–Crippen MR) is 173 cm³/mol. The molecule has 0 saturated carbocycles. The number of benzene rings is 3. The van der Waals surface area contributed by atoms with E-state index in [0.29, 0.717) is 29.2 Å². The van der Waals surface area contributed by atoms with Gasteiger partial charge in [0.2, 0.25) is 0 Å². The maximum Gasteiger partial charge on any atom is 0.271 e. The first-order chi connectivity index (χ1) is 21.9. The Hall–Kier alpha value is -5.42. The number of nitriles is 1. The average Bonchev–Trinajstić information content (AvgIpc) is 3.50. The van der Waals surface area contributed by atoms with Crippen molar-refractivity contribution in [1.29, 1.82) is 5.26 Å². The number of imide groups is 1. The third-order valence-corrected chi connectivity index (χ3v) is 7.78. The Balaban J connectivity index is 1.52. The molecule has 1 aliphatic rings. The van der Waals surface area contributed by atoms with Gasteiger partial charge in [0.25, 0.3) is 11.8 Å². The van der Waals surface area contributed by atoms with Gasteiger partial charge in [0, 0.05) is 22.9 Å². The Labute approximate surface area is 263 Å². The molecule has 0 atom stereocenters. The zero-order chi connectivity index (χ0) is 31.8. The second kappa shape index (κ2) is 14.4. The Kier molecular flexibility index (Phi) is 9.90. The highest BCUT2D eigenvalue weighted by Crippen LogP contribution is 2.32.